The Morgan fingerprint density at radius 3 is 2.34 bits per heavy atom. The Morgan fingerprint density at radius 1 is 1.07 bits per heavy atom. The molecule has 3 rings (SSSR count). The molecule has 0 saturated carbocycles. The van der Waals surface area contributed by atoms with Crippen LogP contribution in [0, 0.1) is 12.6 Å². The third-order valence-corrected chi connectivity index (χ3v) is 4.47. The summed E-state index contributed by atoms with van der Waals surface area (Å²) in [6.45, 7) is 12.8. The van der Waals surface area contributed by atoms with E-state index in [1.54, 1.807) is 30.5 Å². The van der Waals surface area contributed by atoms with Gasteiger partial charge in [-0.2, -0.15) is 14.5 Å². The van der Waals surface area contributed by atoms with Gasteiger partial charge in [0.15, 0.2) is 5.03 Å². The Kier molecular flexibility index (Phi) is 8.80. The number of rotatable bonds is 2. The van der Waals surface area contributed by atoms with Gasteiger partial charge in [-0.05, 0) is 34.9 Å². The molecular formula is C21H20IrN3O3S-. The fourth-order valence-corrected chi connectivity index (χ4v) is 2.68. The molecule has 2 heterocycles. The van der Waals surface area contributed by atoms with Crippen molar-refractivity contribution in [3.05, 3.63) is 84.0 Å². The van der Waals surface area contributed by atoms with Gasteiger partial charge in [-0.25, -0.2) is 4.98 Å². The van der Waals surface area contributed by atoms with Crippen LogP contribution in [0.4, 0.5) is 5.69 Å². The molecule has 0 spiro atoms. The molecule has 8 heteroatoms. The van der Waals surface area contributed by atoms with E-state index in [4.69, 9.17) is 11.1 Å². The van der Waals surface area contributed by atoms with E-state index in [9.17, 15) is 8.42 Å². The SMILES string of the molecule is CC(C)(C)c1ccnc(S(=O)(=O)O)c1.[C-]#[N+]c1cc[c-]c(-c2ccccn2)c1.[Ir]. The first-order valence-corrected chi connectivity index (χ1v) is 9.80. The standard InChI is InChI=1S/C12H7N2.C9H13NO3S.Ir/c1-13-11-6-4-5-10(9-11)12-7-2-3-8-14-12;1-9(2,3)7-4-5-10-8(6-7)14(11,12)13;/h2-4,6-9H;4-6H,1-3H3,(H,11,12,13);/q-1;;. The van der Waals surface area contributed by atoms with Crippen molar-refractivity contribution in [2.75, 3.05) is 0 Å². The van der Waals surface area contributed by atoms with Crippen molar-refractivity contribution in [1.82, 2.24) is 9.97 Å². The molecule has 0 amide bonds. The van der Waals surface area contributed by atoms with E-state index >= 15 is 0 Å². The number of aromatic nitrogens is 2. The summed E-state index contributed by atoms with van der Waals surface area (Å²) in [7, 11) is -4.20. The summed E-state index contributed by atoms with van der Waals surface area (Å²) in [6, 6.07) is 17.1. The molecule has 0 saturated heterocycles. The number of pyridine rings is 2. The van der Waals surface area contributed by atoms with Crippen LogP contribution in [0.5, 0.6) is 0 Å². The topological polar surface area (TPSA) is 84.5 Å². The van der Waals surface area contributed by atoms with Gasteiger partial charge in [0.25, 0.3) is 0 Å². The molecule has 0 fully saturated rings. The molecule has 0 atom stereocenters. The van der Waals surface area contributed by atoms with Crippen molar-refractivity contribution < 1.29 is 33.1 Å². The molecular weight excluding hydrogens is 567 g/mol. The fourth-order valence-electron chi connectivity index (χ4n) is 2.21. The normalized spacial score (nSPS) is 10.7. The van der Waals surface area contributed by atoms with Gasteiger partial charge in [0.2, 0.25) is 0 Å². The molecule has 153 valence electrons. The predicted molar refractivity (Wildman–Crippen MR) is 108 cm³/mol. The van der Waals surface area contributed by atoms with Crippen molar-refractivity contribution in [2.45, 2.75) is 31.2 Å². The van der Waals surface area contributed by atoms with Crippen LogP contribution in [0.25, 0.3) is 16.1 Å². The van der Waals surface area contributed by atoms with E-state index in [1.807, 2.05) is 39.0 Å². The largest absolute Gasteiger partial charge is 0.312 e. The van der Waals surface area contributed by atoms with Crippen molar-refractivity contribution in [3.8, 4) is 11.3 Å². The second kappa shape index (κ2) is 10.4. The van der Waals surface area contributed by atoms with E-state index in [0.29, 0.717) is 5.69 Å². The Balaban J connectivity index is 0.000000280. The van der Waals surface area contributed by atoms with Gasteiger partial charge < -0.3 is 4.98 Å². The zero-order valence-corrected chi connectivity index (χ0v) is 19.3. The smallest absolute Gasteiger partial charge is 0.305 e. The van der Waals surface area contributed by atoms with Crippen LogP contribution in [0.2, 0.25) is 0 Å². The monoisotopic (exact) mass is 587 g/mol. The molecule has 0 bridgehead atoms. The van der Waals surface area contributed by atoms with Gasteiger partial charge in [0, 0.05) is 32.5 Å². The van der Waals surface area contributed by atoms with Crippen LogP contribution >= 0.6 is 0 Å². The Labute approximate surface area is 185 Å². The minimum atomic E-state index is -4.20. The molecule has 0 aliphatic heterocycles. The average molecular weight is 587 g/mol. The summed E-state index contributed by atoms with van der Waals surface area (Å²) >= 11 is 0. The first-order chi connectivity index (χ1) is 13.1. The van der Waals surface area contributed by atoms with Crippen LogP contribution < -0.4 is 0 Å². The second-order valence-corrected chi connectivity index (χ2v) is 8.26. The van der Waals surface area contributed by atoms with Gasteiger partial charge in [0.05, 0.1) is 6.57 Å². The maximum atomic E-state index is 10.8. The maximum Gasteiger partial charge on any atom is 0.312 e. The molecule has 1 aromatic carbocycles. The summed E-state index contributed by atoms with van der Waals surface area (Å²) in [5.74, 6) is 0. The van der Waals surface area contributed by atoms with Gasteiger partial charge in [-0.3, -0.25) is 9.40 Å². The zero-order valence-electron chi connectivity index (χ0n) is 16.1. The summed E-state index contributed by atoms with van der Waals surface area (Å²) < 4.78 is 30.4. The van der Waals surface area contributed by atoms with Crippen LogP contribution in [-0.4, -0.2) is 22.9 Å². The molecule has 1 radical (unpaired) electrons. The van der Waals surface area contributed by atoms with Crippen LogP contribution in [-0.2, 0) is 35.6 Å². The molecule has 0 aliphatic rings. The molecule has 2 aromatic heterocycles. The Bertz CT molecular complexity index is 1090. The van der Waals surface area contributed by atoms with Crippen LogP contribution in [0.15, 0.2) is 66.0 Å². The van der Waals surface area contributed by atoms with Crippen molar-refractivity contribution in [3.63, 3.8) is 0 Å². The van der Waals surface area contributed by atoms with E-state index in [2.05, 4.69) is 20.9 Å². The van der Waals surface area contributed by atoms with Gasteiger partial charge in [-0.1, -0.05) is 32.9 Å². The van der Waals surface area contributed by atoms with E-state index in [1.165, 1.54) is 12.3 Å². The second-order valence-electron chi connectivity index (χ2n) is 6.90. The third kappa shape index (κ3) is 7.48. The van der Waals surface area contributed by atoms with E-state index in [-0.39, 0.29) is 30.5 Å². The van der Waals surface area contributed by atoms with Crippen LogP contribution in [0.1, 0.15) is 26.3 Å². The minimum Gasteiger partial charge on any atom is -0.305 e. The van der Waals surface area contributed by atoms with Crippen molar-refractivity contribution >= 4 is 15.8 Å². The van der Waals surface area contributed by atoms with Crippen LogP contribution in [0.3, 0.4) is 0 Å². The first-order valence-electron chi connectivity index (χ1n) is 8.36. The van der Waals surface area contributed by atoms with Crippen molar-refractivity contribution in [2.24, 2.45) is 0 Å². The summed E-state index contributed by atoms with van der Waals surface area (Å²) in [5.41, 5.74) is 2.98. The molecule has 0 aliphatic carbocycles. The Morgan fingerprint density at radius 2 is 1.79 bits per heavy atom. The molecule has 6 nitrogen and oxygen atoms in total. The number of hydrogen-bond donors (Lipinski definition) is 1. The fraction of sp³-hybridized carbons (Fsp3) is 0.190. The number of nitrogens with zero attached hydrogens (tertiary/aromatic N) is 3. The summed E-state index contributed by atoms with van der Waals surface area (Å²) in [5, 5.41) is -0.301. The molecule has 3 aromatic rings. The van der Waals surface area contributed by atoms with Gasteiger partial charge in [-0.15, -0.1) is 23.8 Å². The first kappa shape index (κ1) is 24.6. The summed E-state index contributed by atoms with van der Waals surface area (Å²) in [4.78, 5) is 11.1. The van der Waals surface area contributed by atoms with Gasteiger partial charge >= 0.3 is 10.1 Å². The Hall–Kier alpha value is -2.43. The average Bonchev–Trinajstić information content (AvgIpc) is 2.68. The number of hydrogen-bond acceptors (Lipinski definition) is 4. The minimum absolute atomic E-state index is 0. The predicted octanol–water partition coefficient (Wildman–Crippen LogP) is 4.72. The van der Waals surface area contributed by atoms with Gasteiger partial charge in [0.1, 0.15) is 5.69 Å². The zero-order chi connectivity index (χ0) is 20.8. The van der Waals surface area contributed by atoms with E-state index < -0.39 is 10.1 Å². The maximum absolute atomic E-state index is 10.8. The van der Waals surface area contributed by atoms with Crippen molar-refractivity contribution in [1.29, 1.82) is 0 Å². The quantitative estimate of drug-likeness (QED) is 0.347. The molecule has 1 N–H and O–H groups in total. The summed E-state index contributed by atoms with van der Waals surface area (Å²) in [6.07, 6.45) is 3.11. The molecule has 0 unspecified atom stereocenters. The molecule has 29 heavy (non-hydrogen) atoms. The number of benzene rings is 1. The van der Waals surface area contributed by atoms with E-state index in [0.717, 1.165) is 16.8 Å². The third-order valence-electron chi connectivity index (χ3n) is 3.72.